The third-order valence-electron chi connectivity index (χ3n) is 2.76. The molecule has 2 N–H and O–H groups in total. The van der Waals surface area contributed by atoms with Crippen LogP contribution in [-0.4, -0.2) is 6.10 Å². The Morgan fingerprint density at radius 1 is 1.29 bits per heavy atom. The Labute approximate surface area is 85.1 Å². The van der Waals surface area contributed by atoms with Crippen LogP contribution in [0.2, 0.25) is 0 Å². The van der Waals surface area contributed by atoms with E-state index in [1.54, 1.807) is 0 Å². The minimum atomic E-state index is 0.388. The molecule has 76 valence electrons. The molecule has 1 aromatic rings. The van der Waals surface area contributed by atoms with Crippen LogP contribution in [0.4, 0.5) is 5.69 Å². The molecule has 0 aromatic heterocycles. The molecular formula is C12H17NO. The largest absolute Gasteiger partial charge is 0.488 e. The van der Waals surface area contributed by atoms with Gasteiger partial charge in [0.05, 0.1) is 11.8 Å². The summed E-state index contributed by atoms with van der Waals surface area (Å²) < 4.78 is 5.86. The Morgan fingerprint density at radius 2 is 2.00 bits per heavy atom. The zero-order valence-corrected chi connectivity index (χ0v) is 8.62. The van der Waals surface area contributed by atoms with Crippen molar-refractivity contribution in [2.24, 2.45) is 0 Å². The SMILES string of the molecule is Cc1ccc(N)c(OC2CCCC2)c1. The van der Waals surface area contributed by atoms with E-state index in [2.05, 4.69) is 6.92 Å². The first-order chi connectivity index (χ1) is 6.75. The van der Waals surface area contributed by atoms with Gasteiger partial charge >= 0.3 is 0 Å². The predicted molar refractivity (Wildman–Crippen MR) is 58.5 cm³/mol. The molecular weight excluding hydrogens is 174 g/mol. The van der Waals surface area contributed by atoms with Crippen molar-refractivity contribution in [3.05, 3.63) is 23.8 Å². The molecule has 0 radical (unpaired) electrons. The average molecular weight is 191 g/mol. The number of hydrogen-bond acceptors (Lipinski definition) is 2. The van der Waals surface area contributed by atoms with Crippen molar-refractivity contribution in [1.82, 2.24) is 0 Å². The number of aryl methyl sites for hydroxylation is 1. The molecule has 14 heavy (non-hydrogen) atoms. The summed E-state index contributed by atoms with van der Waals surface area (Å²) >= 11 is 0. The normalized spacial score (nSPS) is 17.2. The molecule has 0 bridgehead atoms. The summed E-state index contributed by atoms with van der Waals surface area (Å²) in [5.74, 6) is 0.858. The van der Waals surface area contributed by atoms with E-state index in [1.807, 2.05) is 18.2 Å². The number of rotatable bonds is 2. The quantitative estimate of drug-likeness (QED) is 0.729. The zero-order valence-electron chi connectivity index (χ0n) is 8.62. The van der Waals surface area contributed by atoms with Crippen molar-refractivity contribution < 1.29 is 4.74 Å². The number of anilines is 1. The van der Waals surface area contributed by atoms with Gasteiger partial charge in [-0.05, 0) is 50.3 Å². The van der Waals surface area contributed by atoms with Crippen LogP contribution in [0.1, 0.15) is 31.2 Å². The standard InChI is InChI=1S/C12H17NO/c1-9-6-7-11(13)12(8-9)14-10-4-2-3-5-10/h6-8,10H,2-5,13H2,1H3. The molecule has 2 heteroatoms. The van der Waals surface area contributed by atoms with Crippen LogP contribution in [0.3, 0.4) is 0 Å². The maximum absolute atomic E-state index is 5.86. The molecule has 1 fully saturated rings. The third kappa shape index (κ3) is 2.00. The Morgan fingerprint density at radius 3 is 2.71 bits per heavy atom. The van der Waals surface area contributed by atoms with Gasteiger partial charge in [0.25, 0.3) is 0 Å². The van der Waals surface area contributed by atoms with E-state index in [4.69, 9.17) is 10.5 Å². The van der Waals surface area contributed by atoms with Crippen molar-refractivity contribution in [2.75, 3.05) is 5.73 Å². The fourth-order valence-corrected chi connectivity index (χ4v) is 1.93. The summed E-state index contributed by atoms with van der Waals surface area (Å²) in [4.78, 5) is 0. The Kier molecular flexibility index (Phi) is 2.62. The lowest BCUT2D eigenvalue weighted by Gasteiger charge is -2.15. The summed E-state index contributed by atoms with van der Waals surface area (Å²) in [5.41, 5.74) is 7.80. The summed E-state index contributed by atoms with van der Waals surface area (Å²) in [6.45, 7) is 2.06. The van der Waals surface area contributed by atoms with Crippen molar-refractivity contribution in [3.8, 4) is 5.75 Å². The van der Waals surface area contributed by atoms with Crippen LogP contribution in [0, 0.1) is 6.92 Å². The molecule has 1 saturated carbocycles. The highest BCUT2D eigenvalue weighted by molar-refractivity contribution is 5.53. The molecule has 2 nitrogen and oxygen atoms in total. The minimum absolute atomic E-state index is 0.388. The molecule has 1 aliphatic carbocycles. The van der Waals surface area contributed by atoms with E-state index in [0.29, 0.717) is 6.10 Å². The van der Waals surface area contributed by atoms with E-state index in [0.717, 1.165) is 11.4 Å². The van der Waals surface area contributed by atoms with Gasteiger partial charge in [-0.1, -0.05) is 6.07 Å². The topological polar surface area (TPSA) is 35.2 Å². The summed E-state index contributed by atoms with van der Waals surface area (Å²) in [6, 6.07) is 5.95. The third-order valence-corrected chi connectivity index (χ3v) is 2.76. The summed E-state index contributed by atoms with van der Waals surface area (Å²) in [5, 5.41) is 0. The van der Waals surface area contributed by atoms with Crippen LogP contribution in [0.25, 0.3) is 0 Å². The Bertz CT molecular complexity index is 316. The van der Waals surface area contributed by atoms with E-state index < -0.39 is 0 Å². The first-order valence-electron chi connectivity index (χ1n) is 5.28. The highest BCUT2D eigenvalue weighted by Gasteiger charge is 2.17. The van der Waals surface area contributed by atoms with Crippen LogP contribution >= 0.6 is 0 Å². The molecule has 1 aromatic carbocycles. The Hall–Kier alpha value is -1.18. The molecule has 1 aliphatic rings. The number of benzene rings is 1. The molecule has 0 unspecified atom stereocenters. The van der Waals surface area contributed by atoms with E-state index in [1.165, 1.54) is 31.2 Å². The smallest absolute Gasteiger partial charge is 0.142 e. The van der Waals surface area contributed by atoms with Gasteiger partial charge in [-0.25, -0.2) is 0 Å². The molecule has 0 atom stereocenters. The first kappa shape index (κ1) is 9.38. The van der Waals surface area contributed by atoms with Gasteiger partial charge in [-0.2, -0.15) is 0 Å². The number of hydrogen-bond donors (Lipinski definition) is 1. The molecule has 0 spiro atoms. The summed E-state index contributed by atoms with van der Waals surface area (Å²) in [7, 11) is 0. The van der Waals surface area contributed by atoms with Crippen molar-refractivity contribution in [2.45, 2.75) is 38.7 Å². The minimum Gasteiger partial charge on any atom is -0.488 e. The number of ether oxygens (including phenoxy) is 1. The van der Waals surface area contributed by atoms with Gasteiger partial charge in [0.1, 0.15) is 5.75 Å². The van der Waals surface area contributed by atoms with E-state index >= 15 is 0 Å². The predicted octanol–water partition coefficient (Wildman–Crippen LogP) is 2.90. The fourth-order valence-electron chi connectivity index (χ4n) is 1.93. The average Bonchev–Trinajstić information content (AvgIpc) is 2.64. The Balaban J connectivity index is 2.10. The molecule has 0 heterocycles. The maximum Gasteiger partial charge on any atom is 0.142 e. The van der Waals surface area contributed by atoms with Crippen molar-refractivity contribution in [1.29, 1.82) is 0 Å². The van der Waals surface area contributed by atoms with Crippen LogP contribution in [0.5, 0.6) is 5.75 Å². The molecule has 0 amide bonds. The molecule has 0 saturated heterocycles. The highest BCUT2D eigenvalue weighted by Crippen LogP contribution is 2.28. The second kappa shape index (κ2) is 3.91. The van der Waals surface area contributed by atoms with Gasteiger partial charge in [-0.3, -0.25) is 0 Å². The lowest BCUT2D eigenvalue weighted by Crippen LogP contribution is -2.12. The zero-order chi connectivity index (χ0) is 9.97. The van der Waals surface area contributed by atoms with Gasteiger partial charge in [-0.15, -0.1) is 0 Å². The van der Waals surface area contributed by atoms with Crippen LogP contribution in [-0.2, 0) is 0 Å². The number of nitrogens with two attached hydrogens (primary N) is 1. The highest BCUT2D eigenvalue weighted by atomic mass is 16.5. The second-order valence-corrected chi connectivity index (χ2v) is 4.07. The monoisotopic (exact) mass is 191 g/mol. The van der Waals surface area contributed by atoms with Crippen LogP contribution < -0.4 is 10.5 Å². The van der Waals surface area contributed by atoms with E-state index in [9.17, 15) is 0 Å². The van der Waals surface area contributed by atoms with Gasteiger partial charge in [0.15, 0.2) is 0 Å². The van der Waals surface area contributed by atoms with Crippen LogP contribution in [0.15, 0.2) is 18.2 Å². The van der Waals surface area contributed by atoms with E-state index in [-0.39, 0.29) is 0 Å². The van der Waals surface area contributed by atoms with Gasteiger partial charge < -0.3 is 10.5 Å². The fraction of sp³-hybridized carbons (Fsp3) is 0.500. The molecule has 0 aliphatic heterocycles. The lowest BCUT2D eigenvalue weighted by molar-refractivity contribution is 0.211. The molecule has 2 rings (SSSR count). The van der Waals surface area contributed by atoms with Crippen molar-refractivity contribution >= 4 is 5.69 Å². The van der Waals surface area contributed by atoms with Gasteiger partial charge in [0.2, 0.25) is 0 Å². The lowest BCUT2D eigenvalue weighted by atomic mass is 10.2. The van der Waals surface area contributed by atoms with Gasteiger partial charge in [0, 0.05) is 0 Å². The number of nitrogen functional groups attached to an aromatic ring is 1. The summed E-state index contributed by atoms with van der Waals surface area (Å²) in [6.07, 6.45) is 5.31. The maximum atomic E-state index is 5.86. The van der Waals surface area contributed by atoms with Crippen molar-refractivity contribution in [3.63, 3.8) is 0 Å². The second-order valence-electron chi connectivity index (χ2n) is 4.07. The first-order valence-corrected chi connectivity index (χ1v) is 5.28.